The second-order valence-electron chi connectivity index (χ2n) is 9.39. The molecule has 196 valence electrons. The van der Waals surface area contributed by atoms with E-state index in [1.165, 1.54) is 11.9 Å². The van der Waals surface area contributed by atoms with Crippen LogP contribution < -0.4 is 4.72 Å². The molecule has 1 aliphatic rings. The molecule has 3 aromatic carbocycles. The highest BCUT2D eigenvalue weighted by Gasteiger charge is 2.33. The molecule has 1 aromatic heterocycles. The molecular weight excluding hydrogens is 509 g/mol. The summed E-state index contributed by atoms with van der Waals surface area (Å²) in [5, 5.41) is 1.06. The van der Waals surface area contributed by atoms with Crippen molar-refractivity contribution in [2.75, 3.05) is 24.4 Å². The van der Waals surface area contributed by atoms with Crippen LogP contribution in [0.5, 0.6) is 0 Å². The Hall–Kier alpha value is -3.56. The number of nitrogens with one attached hydrogen (secondary N) is 1. The highest BCUT2D eigenvalue weighted by Crippen LogP contribution is 2.30. The molecule has 4 aromatic rings. The first kappa shape index (κ1) is 26.1. The van der Waals surface area contributed by atoms with Gasteiger partial charge in [0, 0.05) is 60.1 Å². The molecule has 0 radical (unpaired) electrons. The average Bonchev–Trinajstić information content (AvgIpc) is 2.94. The Kier molecular flexibility index (Phi) is 7.58. The lowest BCUT2D eigenvalue weighted by Gasteiger charge is -2.42. The van der Waals surface area contributed by atoms with Gasteiger partial charge in [-0.1, -0.05) is 18.2 Å². The molecule has 9 heteroatoms. The maximum atomic E-state index is 14.3. The largest absolute Gasteiger partial charge is 0.333 e. The summed E-state index contributed by atoms with van der Waals surface area (Å²) < 4.78 is 45.7. The predicted octanol–water partition coefficient (Wildman–Crippen LogP) is 6.68. The van der Waals surface area contributed by atoms with Gasteiger partial charge in [0.1, 0.15) is 5.82 Å². The normalized spacial score (nSPS) is 17.0. The van der Waals surface area contributed by atoms with Crippen LogP contribution in [0.4, 0.5) is 18.9 Å². The van der Waals surface area contributed by atoms with Crippen LogP contribution in [0.15, 0.2) is 77.8 Å². The third-order valence-corrected chi connectivity index (χ3v) is 7.86. The van der Waals surface area contributed by atoms with E-state index in [0.29, 0.717) is 25.2 Å². The number of fused-ring (bicyclic) bond motifs is 1. The molecule has 1 saturated heterocycles. The minimum Gasteiger partial charge on any atom is -0.333 e. The Labute approximate surface area is 223 Å². The maximum absolute atomic E-state index is 14.3. The number of piperazine rings is 1. The Morgan fingerprint density at radius 1 is 1.00 bits per heavy atom. The van der Waals surface area contributed by atoms with Crippen molar-refractivity contribution in [3.8, 4) is 0 Å². The number of benzene rings is 3. The number of carbonyl (C=O) groups is 1. The molecule has 1 N–H and O–H groups in total. The maximum Gasteiger partial charge on any atom is 0.254 e. The Bertz CT molecular complexity index is 1460. The standard InChI is InChI=1S/C29H27F3N4OS/c1-18-17-35(19(2)26-23(30)12-13-24(31)27(26)32)15-16-36(18)29(37)21-8-10-22(11-9-21)34-38-25-7-3-5-20-6-4-14-33-28(20)25/h3-14,18-19,34H,15-17H2,1-2H3. The Morgan fingerprint density at radius 3 is 2.50 bits per heavy atom. The average molecular weight is 537 g/mol. The van der Waals surface area contributed by atoms with Crippen LogP contribution in [0.1, 0.15) is 35.8 Å². The minimum absolute atomic E-state index is 0.106. The van der Waals surface area contributed by atoms with Gasteiger partial charge in [-0.3, -0.25) is 14.7 Å². The monoisotopic (exact) mass is 536 g/mol. The fourth-order valence-corrected chi connectivity index (χ4v) is 5.64. The molecule has 0 aliphatic carbocycles. The lowest BCUT2D eigenvalue weighted by molar-refractivity contribution is 0.0397. The van der Waals surface area contributed by atoms with Crippen LogP contribution in [0.2, 0.25) is 0 Å². The van der Waals surface area contributed by atoms with Crippen molar-refractivity contribution in [3.05, 3.63) is 102 Å². The molecule has 1 amide bonds. The van der Waals surface area contributed by atoms with Crippen molar-refractivity contribution in [2.24, 2.45) is 0 Å². The van der Waals surface area contributed by atoms with Gasteiger partial charge in [-0.2, -0.15) is 0 Å². The van der Waals surface area contributed by atoms with Crippen LogP contribution in [0, 0.1) is 17.5 Å². The van der Waals surface area contributed by atoms with Crippen LogP contribution in [0.3, 0.4) is 0 Å². The third-order valence-electron chi connectivity index (χ3n) is 6.97. The molecule has 1 fully saturated rings. The minimum atomic E-state index is -1.16. The summed E-state index contributed by atoms with van der Waals surface area (Å²) in [6.45, 7) is 4.79. The number of aromatic nitrogens is 1. The first-order valence-corrected chi connectivity index (χ1v) is 13.2. The summed E-state index contributed by atoms with van der Waals surface area (Å²) in [6, 6.07) is 18.1. The van der Waals surface area contributed by atoms with E-state index >= 15 is 0 Å². The molecule has 0 saturated carbocycles. The molecule has 1 aliphatic heterocycles. The van der Waals surface area contributed by atoms with E-state index in [9.17, 15) is 18.0 Å². The summed E-state index contributed by atoms with van der Waals surface area (Å²) in [6.07, 6.45) is 1.77. The summed E-state index contributed by atoms with van der Waals surface area (Å²) in [5.74, 6) is -3.11. The van der Waals surface area contributed by atoms with Crippen LogP contribution in [-0.2, 0) is 0 Å². The van der Waals surface area contributed by atoms with Crippen molar-refractivity contribution in [2.45, 2.75) is 30.8 Å². The van der Waals surface area contributed by atoms with Gasteiger partial charge in [0.05, 0.1) is 10.4 Å². The van der Waals surface area contributed by atoms with E-state index < -0.39 is 23.5 Å². The molecule has 0 bridgehead atoms. The number of rotatable bonds is 6. The van der Waals surface area contributed by atoms with Crippen molar-refractivity contribution in [1.82, 2.24) is 14.8 Å². The third kappa shape index (κ3) is 5.21. The van der Waals surface area contributed by atoms with E-state index in [4.69, 9.17) is 0 Å². The number of hydrogen-bond acceptors (Lipinski definition) is 5. The van der Waals surface area contributed by atoms with Crippen molar-refractivity contribution in [1.29, 1.82) is 0 Å². The van der Waals surface area contributed by atoms with Gasteiger partial charge < -0.3 is 9.62 Å². The van der Waals surface area contributed by atoms with Gasteiger partial charge in [0.25, 0.3) is 5.91 Å². The number of carbonyl (C=O) groups excluding carboxylic acids is 1. The van der Waals surface area contributed by atoms with Crippen LogP contribution in [-0.4, -0.2) is 46.4 Å². The van der Waals surface area contributed by atoms with Gasteiger partial charge in [0.15, 0.2) is 11.6 Å². The SMILES string of the molecule is CC(c1c(F)ccc(F)c1F)N1CCN(C(=O)c2ccc(NSc3cccc4cccnc34)cc2)C(C)C1. The van der Waals surface area contributed by atoms with E-state index in [1.807, 2.05) is 54.3 Å². The summed E-state index contributed by atoms with van der Waals surface area (Å²) in [7, 11) is 0. The number of anilines is 1. The number of nitrogens with zero attached hydrogens (tertiary/aromatic N) is 3. The Balaban J connectivity index is 1.21. The number of pyridine rings is 1. The second-order valence-corrected chi connectivity index (χ2v) is 10.2. The lowest BCUT2D eigenvalue weighted by atomic mass is 10.0. The van der Waals surface area contributed by atoms with Crippen molar-refractivity contribution in [3.63, 3.8) is 0 Å². The molecule has 38 heavy (non-hydrogen) atoms. The number of halogens is 3. The second kappa shape index (κ2) is 11.0. The topological polar surface area (TPSA) is 48.5 Å². The first-order chi connectivity index (χ1) is 18.3. The zero-order valence-electron chi connectivity index (χ0n) is 21.0. The predicted molar refractivity (Wildman–Crippen MR) is 144 cm³/mol. The fourth-order valence-electron chi connectivity index (χ4n) is 4.87. The number of hydrogen-bond donors (Lipinski definition) is 1. The van der Waals surface area contributed by atoms with Crippen LogP contribution in [0.25, 0.3) is 10.9 Å². The summed E-state index contributed by atoms with van der Waals surface area (Å²) in [5.41, 5.74) is 2.05. The molecule has 0 spiro atoms. The zero-order valence-corrected chi connectivity index (χ0v) is 21.8. The van der Waals surface area contributed by atoms with E-state index in [1.54, 1.807) is 30.2 Å². The molecule has 2 unspecified atom stereocenters. The molecule has 2 atom stereocenters. The van der Waals surface area contributed by atoms with Crippen LogP contribution >= 0.6 is 11.9 Å². The van der Waals surface area contributed by atoms with Gasteiger partial charge in [-0.15, -0.1) is 0 Å². The lowest BCUT2D eigenvalue weighted by Crippen LogP contribution is -2.54. The van der Waals surface area contributed by atoms with Crippen molar-refractivity contribution < 1.29 is 18.0 Å². The van der Waals surface area contributed by atoms with E-state index in [2.05, 4.69) is 9.71 Å². The van der Waals surface area contributed by atoms with Gasteiger partial charge in [0.2, 0.25) is 0 Å². The molecule has 5 nitrogen and oxygen atoms in total. The fraction of sp³-hybridized carbons (Fsp3) is 0.241. The Morgan fingerprint density at radius 2 is 1.74 bits per heavy atom. The highest BCUT2D eigenvalue weighted by atomic mass is 32.2. The smallest absolute Gasteiger partial charge is 0.254 e. The van der Waals surface area contributed by atoms with Gasteiger partial charge in [-0.25, -0.2) is 13.2 Å². The summed E-state index contributed by atoms with van der Waals surface area (Å²) in [4.78, 5) is 22.4. The zero-order chi connectivity index (χ0) is 26.8. The molecule has 5 rings (SSSR count). The molecule has 2 heterocycles. The van der Waals surface area contributed by atoms with E-state index in [0.717, 1.165) is 33.6 Å². The number of para-hydroxylation sites is 1. The molecular formula is C29H27F3N4OS. The van der Waals surface area contributed by atoms with Crippen molar-refractivity contribution >= 4 is 34.4 Å². The summed E-state index contributed by atoms with van der Waals surface area (Å²) >= 11 is 1.46. The number of amides is 1. The van der Waals surface area contributed by atoms with Gasteiger partial charge >= 0.3 is 0 Å². The highest BCUT2D eigenvalue weighted by molar-refractivity contribution is 8.00. The first-order valence-electron chi connectivity index (χ1n) is 12.4. The van der Waals surface area contributed by atoms with E-state index in [-0.39, 0.29) is 17.5 Å². The van der Waals surface area contributed by atoms with Gasteiger partial charge in [-0.05, 0) is 74.3 Å². The quantitative estimate of drug-likeness (QED) is 0.220.